The van der Waals surface area contributed by atoms with Gasteiger partial charge in [0.25, 0.3) is 0 Å². The maximum absolute atomic E-state index is 13.2. The Balaban J connectivity index is 1.87. The third-order valence-electron chi connectivity index (χ3n) is 3.27. The zero-order valence-corrected chi connectivity index (χ0v) is 10.8. The SMILES string of the molecule is Cc1cc(Oc2ccc3c(c2)NC(=O)C3N)ccc1F. The van der Waals surface area contributed by atoms with E-state index in [1.54, 1.807) is 37.3 Å². The first kappa shape index (κ1) is 12.6. The highest BCUT2D eigenvalue weighted by molar-refractivity contribution is 6.02. The van der Waals surface area contributed by atoms with Gasteiger partial charge >= 0.3 is 0 Å². The minimum absolute atomic E-state index is 0.227. The Labute approximate surface area is 115 Å². The van der Waals surface area contributed by atoms with Gasteiger partial charge in [-0.15, -0.1) is 0 Å². The highest BCUT2D eigenvalue weighted by Crippen LogP contribution is 2.34. The van der Waals surface area contributed by atoms with Crippen LogP contribution >= 0.6 is 0 Å². The van der Waals surface area contributed by atoms with Crippen molar-refractivity contribution in [2.45, 2.75) is 13.0 Å². The van der Waals surface area contributed by atoms with Crippen LogP contribution < -0.4 is 15.8 Å². The average Bonchev–Trinajstić information content (AvgIpc) is 2.69. The lowest BCUT2D eigenvalue weighted by atomic mass is 10.1. The van der Waals surface area contributed by atoms with Gasteiger partial charge in [0.2, 0.25) is 5.91 Å². The van der Waals surface area contributed by atoms with Crippen molar-refractivity contribution in [1.82, 2.24) is 0 Å². The van der Waals surface area contributed by atoms with Gasteiger partial charge in [-0.2, -0.15) is 0 Å². The molecule has 2 aromatic carbocycles. The Hall–Kier alpha value is -2.40. The number of aryl methyl sites for hydroxylation is 1. The molecule has 1 unspecified atom stereocenters. The molecule has 0 saturated heterocycles. The molecule has 1 atom stereocenters. The number of benzene rings is 2. The molecule has 4 nitrogen and oxygen atoms in total. The van der Waals surface area contributed by atoms with E-state index in [9.17, 15) is 9.18 Å². The molecule has 0 spiro atoms. The van der Waals surface area contributed by atoms with Crippen molar-refractivity contribution in [3.05, 3.63) is 53.3 Å². The molecule has 102 valence electrons. The smallest absolute Gasteiger partial charge is 0.245 e. The Morgan fingerprint density at radius 1 is 1.20 bits per heavy atom. The number of carbonyl (C=O) groups excluding carboxylic acids is 1. The normalized spacial score (nSPS) is 16.8. The molecular weight excluding hydrogens is 259 g/mol. The van der Waals surface area contributed by atoms with Crippen LogP contribution in [0.15, 0.2) is 36.4 Å². The molecule has 0 aromatic heterocycles. The fraction of sp³-hybridized carbons (Fsp3) is 0.133. The standard InChI is InChI=1S/C15H13FN2O2/c1-8-6-9(3-5-12(8)16)20-10-2-4-11-13(7-10)18-15(19)14(11)17/h2-7,14H,17H2,1H3,(H,18,19). The highest BCUT2D eigenvalue weighted by atomic mass is 19.1. The van der Waals surface area contributed by atoms with Gasteiger partial charge in [0, 0.05) is 17.3 Å². The Kier molecular flexibility index (Phi) is 2.91. The van der Waals surface area contributed by atoms with E-state index in [4.69, 9.17) is 10.5 Å². The molecule has 1 heterocycles. The minimum atomic E-state index is -0.632. The van der Waals surface area contributed by atoms with Crippen molar-refractivity contribution in [3.63, 3.8) is 0 Å². The van der Waals surface area contributed by atoms with E-state index >= 15 is 0 Å². The lowest BCUT2D eigenvalue weighted by Gasteiger charge is -2.08. The zero-order valence-electron chi connectivity index (χ0n) is 10.8. The molecule has 0 saturated carbocycles. The third kappa shape index (κ3) is 2.12. The Bertz CT molecular complexity index is 700. The van der Waals surface area contributed by atoms with Crippen molar-refractivity contribution in [1.29, 1.82) is 0 Å². The molecule has 1 aliphatic rings. The summed E-state index contributed by atoms with van der Waals surface area (Å²) in [5.74, 6) is 0.598. The molecule has 5 heteroatoms. The number of carbonyl (C=O) groups is 1. The van der Waals surface area contributed by atoms with Gasteiger partial charge in [-0.3, -0.25) is 4.79 Å². The Morgan fingerprint density at radius 3 is 2.65 bits per heavy atom. The van der Waals surface area contributed by atoms with Crippen LogP contribution in [0.2, 0.25) is 0 Å². The van der Waals surface area contributed by atoms with Crippen LogP contribution in [0, 0.1) is 12.7 Å². The van der Waals surface area contributed by atoms with E-state index in [0.717, 1.165) is 5.56 Å². The summed E-state index contributed by atoms with van der Waals surface area (Å²) >= 11 is 0. The van der Waals surface area contributed by atoms with Gasteiger partial charge in [0.15, 0.2) is 0 Å². The molecule has 0 aliphatic carbocycles. The molecule has 2 aromatic rings. The summed E-state index contributed by atoms with van der Waals surface area (Å²) in [6.45, 7) is 1.67. The predicted octanol–water partition coefficient (Wildman–Crippen LogP) is 2.88. The van der Waals surface area contributed by atoms with E-state index in [1.165, 1.54) is 6.07 Å². The Morgan fingerprint density at radius 2 is 1.90 bits per heavy atom. The van der Waals surface area contributed by atoms with Crippen LogP contribution in [0.25, 0.3) is 0 Å². The third-order valence-corrected chi connectivity index (χ3v) is 3.27. The van der Waals surface area contributed by atoms with Crippen LogP contribution in [0.5, 0.6) is 11.5 Å². The summed E-state index contributed by atoms with van der Waals surface area (Å²) < 4.78 is 18.8. The number of rotatable bonds is 2. The largest absolute Gasteiger partial charge is 0.457 e. The van der Waals surface area contributed by atoms with E-state index in [1.807, 2.05) is 0 Å². The van der Waals surface area contributed by atoms with Gasteiger partial charge in [-0.1, -0.05) is 6.07 Å². The summed E-state index contributed by atoms with van der Waals surface area (Å²) in [7, 11) is 0. The van der Waals surface area contributed by atoms with Gasteiger partial charge in [0.05, 0.1) is 0 Å². The summed E-state index contributed by atoms with van der Waals surface area (Å²) in [6, 6.07) is 9.09. The molecule has 0 fully saturated rings. The van der Waals surface area contributed by atoms with Crippen LogP contribution in [0.3, 0.4) is 0 Å². The predicted molar refractivity (Wildman–Crippen MR) is 73.2 cm³/mol. The molecule has 0 radical (unpaired) electrons. The van der Waals surface area contributed by atoms with E-state index in [-0.39, 0.29) is 11.7 Å². The number of fused-ring (bicyclic) bond motifs is 1. The fourth-order valence-corrected chi connectivity index (χ4v) is 2.15. The quantitative estimate of drug-likeness (QED) is 0.883. The number of halogens is 1. The lowest BCUT2D eigenvalue weighted by Crippen LogP contribution is -2.19. The van der Waals surface area contributed by atoms with E-state index in [2.05, 4.69) is 5.32 Å². The second-order valence-electron chi connectivity index (χ2n) is 4.73. The number of nitrogens with two attached hydrogens (primary N) is 1. The second kappa shape index (κ2) is 4.61. The number of amides is 1. The summed E-state index contributed by atoms with van der Waals surface area (Å²) in [5.41, 5.74) is 7.65. The van der Waals surface area contributed by atoms with Crippen molar-refractivity contribution < 1.29 is 13.9 Å². The van der Waals surface area contributed by atoms with Crippen LogP contribution in [-0.2, 0) is 4.79 Å². The first-order valence-corrected chi connectivity index (χ1v) is 6.19. The number of nitrogens with one attached hydrogen (secondary N) is 1. The van der Waals surface area contributed by atoms with Gasteiger partial charge in [0.1, 0.15) is 23.4 Å². The van der Waals surface area contributed by atoms with Crippen LogP contribution in [0.1, 0.15) is 17.2 Å². The zero-order chi connectivity index (χ0) is 14.3. The number of hydrogen-bond donors (Lipinski definition) is 2. The summed E-state index contributed by atoms with van der Waals surface area (Å²) in [5, 5.41) is 2.69. The van der Waals surface area contributed by atoms with Crippen molar-refractivity contribution in [2.24, 2.45) is 5.73 Å². The highest BCUT2D eigenvalue weighted by Gasteiger charge is 2.27. The fourth-order valence-electron chi connectivity index (χ4n) is 2.15. The minimum Gasteiger partial charge on any atom is -0.457 e. The topological polar surface area (TPSA) is 64.3 Å². The van der Waals surface area contributed by atoms with Crippen molar-refractivity contribution in [2.75, 3.05) is 5.32 Å². The monoisotopic (exact) mass is 272 g/mol. The molecule has 20 heavy (non-hydrogen) atoms. The summed E-state index contributed by atoms with van der Waals surface area (Å²) in [6.07, 6.45) is 0. The molecule has 0 bridgehead atoms. The summed E-state index contributed by atoms with van der Waals surface area (Å²) in [4.78, 5) is 11.5. The molecule has 1 amide bonds. The molecule has 3 rings (SSSR count). The van der Waals surface area contributed by atoms with E-state index < -0.39 is 6.04 Å². The average molecular weight is 272 g/mol. The first-order chi connectivity index (χ1) is 9.54. The van der Waals surface area contributed by atoms with Crippen molar-refractivity contribution in [3.8, 4) is 11.5 Å². The van der Waals surface area contributed by atoms with Crippen molar-refractivity contribution >= 4 is 11.6 Å². The van der Waals surface area contributed by atoms with Crippen LogP contribution in [0.4, 0.5) is 10.1 Å². The van der Waals surface area contributed by atoms with E-state index in [0.29, 0.717) is 22.7 Å². The first-order valence-electron chi connectivity index (χ1n) is 6.19. The second-order valence-corrected chi connectivity index (χ2v) is 4.73. The number of hydrogen-bond acceptors (Lipinski definition) is 3. The molecule has 1 aliphatic heterocycles. The van der Waals surface area contributed by atoms with Gasteiger partial charge in [-0.25, -0.2) is 4.39 Å². The van der Waals surface area contributed by atoms with Gasteiger partial charge < -0.3 is 15.8 Å². The molecule has 3 N–H and O–H groups in total. The lowest BCUT2D eigenvalue weighted by molar-refractivity contribution is -0.116. The maximum Gasteiger partial charge on any atom is 0.245 e. The molecular formula is C15H13FN2O2. The number of anilines is 1. The van der Waals surface area contributed by atoms with Crippen LogP contribution in [-0.4, -0.2) is 5.91 Å². The maximum atomic E-state index is 13.2. The number of ether oxygens (including phenoxy) is 1. The van der Waals surface area contributed by atoms with Gasteiger partial charge in [-0.05, 0) is 36.8 Å².